The van der Waals surface area contributed by atoms with Gasteiger partial charge in [0.25, 0.3) is 0 Å². The Morgan fingerprint density at radius 2 is 2.04 bits per heavy atom. The van der Waals surface area contributed by atoms with Crippen molar-refractivity contribution in [3.8, 4) is 0 Å². The normalized spacial score (nSPS) is 65.1. The Bertz CT molecular complexity index is 864. The van der Waals surface area contributed by atoms with Crippen LogP contribution in [0.3, 0.4) is 0 Å². The first-order valence-corrected chi connectivity index (χ1v) is 9.51. The van der Waals surface area contributed by atoms with E-state index in [4.69, 9.17) is 14.2 Å². The lowest BCUT2D eigenvalue weighted by atomic mass is 9.44. The third kappa shape index (κ3) is 1.02. The quantitative estimate of drug-likeness (QED) is 0.392. The molecule has 7 nitrogen and oxygen atoms in total. The molecule has 4 saturated heterocycles. The van der Waals surface area contributed by atoms with Crippen LogP contribution in [-0.4, -0.2) is 57.8 Å². The van der Waals surface area contributed by atoms with Gasteiger partial charge in [0.1, 0.15) is 29.3 Å². The summed E-state index contributed by atoms with van der Waals surface area (Å²) in [6, 6.07) is 0. The number of rotatable bonds is 1. The molecule has 4 heterocycles. The maximum atomic E-state index is 13.0. The fourth-order valence-corrected chi connectivity index (χ4v) is 8.23. The monoisotopic (exact) mass is 360 g/mol. The molecule has 2 N–H and O–H groups in total. The number of epoxide rings is 1. The van der Waals surface area contributed by atoms with Gasteiger partial charge in [0.05, 0.1) is 17.6 Å². The number of carboxylic acid groups (broad SMARTS) is 1. The highest BCUT2D eigenvalue weighted by Crippen LogP contribution is 2.80. The third-order valence-corrected chi connectivity index (χ3v) is 9.13. The van der Waals surface area contributed by atoms with Crippen LogP contribution in [0.1, 0.15) is 26.7 Å². The molecular weight excluding hydrogens is 340 g/mol. The van der Waals surface area contributed by atoms with Gasteiger partial charge in [0.2, 0.25) is 0 Å². The average Bonchev–Trinajstić information content (AvgIpc) is 3.10. The molecule has 4 bridgehead atoms. The van der Waals surface area contributed by atoms with Crippen molar-refractivity contribution in [3.63, 3.8) is 0 Å². The van der Waals surface area contributed by atoms with Crippen LogP contribution in [0.2, 0.25) is 0 Å². The number of carbonyl (C=O) groups excluding carboxylic acids is 1. The number of esters is 1. The van der Waals surface area contributed by atoms with Gasteiger partial charge in [-0.25, -0.2) is 0 Å². The zero-order valence-corrected chi connectivity index (χ0v) is 14.5. The highest BCUT2D eigenvalue weighted by molar-refractivity contribution is 5.84. The summed E-state index contributed by atoms with van der Waals surface area (Å²) in [4.78, 5) is 24.9. The summed E-state index contributed by atoms with van der Waals surface area (Å²) in [5, 5.41) is 21.9. The topological polar surface area (TPSA) is 106 Å². The summed E-state index contributed by atoms with van der Waals surface area (Å²) in [7, 11) is 0. The fourth-order valence-electron chi connectivity index (χ4n) is 8.23. The summed E-state index contributed by atoms with van der Waals surface area (Å²) in [5.41, 5.74) is -1.64. The third-order valence-electron chi connectivity index (χ3n) is 9.13. The van der Waals surface area contributed by atoms with Crippen molar-refractivity contribution >= 4 is 11.9 Å². The van der Waals surface area contributed by atoms with Crippen LogP contribution in [0.4, 0.5) is 0 Å². The summed E-state index contributed by atoms with van der Waals surface area (Å²) in [6.45, 7) is 3.82. The van der Waals surface area contributed by atoms with Crippen molar-refractivity contribution < 1.29 is 34.0 Å². The van der Waals surface area contributed by atoms with E-state index in [0.29, 0.717) is 24.0 Å². The van der Waals surface area contributed by atoms with E-state index in [2.05, 4.69) is 0 Å². The van der Waals surface area contributed by atoms with Crippen molar-refractivity contribution in [2.45, 2.75) is 62.3 Å². The number of carbonyl (C=O) groups is 2. The highest BCUT2D eigenvalue weighted by atomic mass is 16.6. The predicted molar refractivity (Wildman–Crippen MR) is 82.7 cm³/mol. The van der Waals surface area contributed by atoms with Gasteiger partial charge in [-0.3, -0.25) is 9.59 Å². The van der Waals surface area contributed by atoms with Gasteiger partial charge in [0, 0.05) is 17.8 Å². The van der Waals surface area contributed by atoms with Crippen LogP contribution in [0.5, 0.6) is 0 Å². The Hall–Kier alpha value is -1.44. The Morgan fingerprint density at radius 3 is 2.77 bits per heavy atom. The minimum atomic E-state index is -1.32. The fraction of sp³-hybridized carbons (Fsp3) is 0.789. The first kappa shape index (κ1) is 14.6. The number of hydrogen-bond donors (Lipinski definition) is 2. The van der Waals surface area contributed by atoms with Crippen LogP contribution in [0.15, 0.2) is 11.1 Å². The molecule has 0 aromatic heterocycles. The van der Waals surface area contributed by atoms with Gasteiger partial charge in [-0.1, -0.05) is 12.5 Å². The van der Waals surface area contributed by atoms with E-state index >= 15 is 0 Å². The van der Waals surface area contributed by atoms with E-state index in [1.54, 1.807) is 6.92 Å². The van der Waals surface area contributed by atoms with E-state index in [1.807, 2.05) is 6.92 Å². The zero-order valence-electron chi connectivity index (χ0n) is 14.5. The zero-order chi connectivity index (χ0) is 18.0. The van der Waals surface area contributed by atoms with E-state index in [9.17, 15) is 19.8 Å². The molecule has 7 fully saturated rings. The number of aliphatic carboxylic acids is 1. The lowest BCUT2D eigenvalue weighted by Crippen LogP contribution is -2.74. The average molecular weight is 360 g/mol. The predicted octanol–water partition coefficient (Wildman–Crippen LogP) is 0.255. The molecule has 0 radical (unpaired) electrons. The molecule has 2 spiro atoms. The van der Waals surface area contributed by atoms with Crippen LogP contribution in [0.25, 0.3) is 0 Å². The number of fused-ring (bicyclic) bond motifs is 2. The van der Waals surface area contributed by atoms with Crippen LogP contribution >= 0.6 is 0 Å². The van der Waals surface area contributed by atoms with Crippen LogP contribution in [-0.2, 0) is 23.8 Å². The van der Waals surface area contributed by atoms with Gasteiger partial charge in [0.15, 0.2) is 0 Å². The molecule has 0 aromatic rings. The Kier molecular flexibility index (Phi) is 2.03. The lowest BCUT2D eigenvalue weighted by Gasteiger charge is -2.63. The SMILES string of the molecule is CC1=C2[C@@H]3O[C@H]4C(C)[C@]56CC[C@@]7(O[C@H]7[C@H]1C(=O)O)[C@@]2(O)[C@@H]5[C@H]3[C@H]4OC6=O. The first-order chi connectivity index (χ1) is 12.3. The maximum absolute atomic E-state index is 13.0. The van der Waals surface area contributed by atoms with Crippen LogP contribution < -0.4 is 0 Å². The van der Waals surface area contributed by atoms with Crippen molar-refractivity contribution in [2.24, 2.45) is 29.1 Å². The molecule has 7 heteroatoms. The van der Waals surface area contributed by atoms with Crippen LogP contribution in [0, 0.1) is 29.1 Å². The van der Waals surface area contributed by atoms with Crippen molar-refractivity contribution in [1.29, 1.82) is 0 Å². The van der Waals surface area contributed by atoms with E-state index in [1.165, 1.54) is 0 Å². The van der Waals surface area contributed by atoms with E-state index < -0.39 is 34.6 Å². The second kappa shape index (κ2) is 3.62. The Labute approximate surface area is 149 Å². The van der Waals surface area contributed by atoms with Gasteiger partial charge < -0.3 is 24.4 Å². The molecule has 4 aliphatic carbocycles. The molecule has 4 aliphatic heterocycles. The molecule has 8 rings (SSSR count). The molecule has 26 heavy (non-hydrogen) atoms. The van der Waals surface area contributed by atoms with Crippen molar-refractivity contribution in [1.82, 2.24) is 0 Å². The summed E-state index contributed by atoms with van der Waals surface area (Å²) >= 11 is 0. The smallest absolute Gasteiger partial charge is 0.313 e. The molecule has 0 amide bonds. The van der Waals surface area contributed by atoms with Gasteiger partial charge in [-0.05, 0) is 25.3 Å². The molecule has 138 valence electrons. The Morgan fingerprint density at radius 1 is 1.27 bits per heavy atom. The summed E-state index contributed by atoms with van der Waals surface area (Å²) in [6.07, 6.45) is -0.363. The van der Waals surface area contributed by atoms with Gasteiger partial charge in [-0.2, -0.15) is 0 Å². The second-order valence-electron chi connectivity index (χ2n) is 9.38. The minimum absolute atomic E-state index is 0.0161. The Balaban J connectivity index is 1.57. The number of aliphatic hydroxyl groups is 1. The number of ether oxygens (including phenoxy) is 3. The molecule has 1 unspecified atom stereocenters. The highest BCUT2D eigenvalue weighted by Gasteiger charge is 2.91. The summed E-state index contributed by atoms with van der Waals surface area (Å²) < 4.78 is 18.2. The first-order valence-electron chi connectivity index (χ1n) is 9.51. The lowest BCUT2D eigenvalue weighted by molar-refractivity contribution is -0.261. The van der Waals surface area contributed by atoms with Gasteiger partial charge in [-0.15, -0.1) is 0 Å². The molecule has 11 atom stereocenters. The second-order valence-corrected chi connectivity index (χ2v) is 9.38. The number of hydrogen-bond acceptors (Lipinski definition) is 6. The minimum Gasteiger partial charge on any atom is -0.481 e. The molecule has 0 aromatic carbocycles. The largest absolute Gasteiger partial charge is 0.481 e. The van der Waals surface area contributed by atoms with E-state index in [-0.39, 0.29) is 42.0 Å². The van der Waals surface area contributed by atoms with Gasteiger partial charge >= 0.3 is 11.9 Å². The maximum Gasteiger partial charge on any atom is 0.313 e. The summed E-state index contributed by atoms with van der Waals surface area (Å²) in [5.74, 6) is -2.31. The standard InChI is InChI=1S/C19H20O7/c1-5-7(15(20)21)14-18(26-14)4-3-17-6(2)10-12(25-16(17)22)8-11(24-10)9(5)19(18,23)13(8)17/h6-8,10-14,23H,3-4H2,1-2H3,(H,20,21)/t6?,7-,8+,10-,11+,12+,13+,14-,17+,18-,19-/m0/s1. The number of carboxylic acids is 1. The molecular formula is C19H20O7. The van der Waals surface area contributed by atoms with E-state index in [0.717, 1.165) is 0 Å². The van der Waals surface area contributed by atoms with Crippen molar-refractivity contribution in [2.75, 3.05) is 0 Å². The molecule has 3 saturated carbocycles. The molecule has 8 aliphatic rings. The van der Waals surface area contributed by atoms with Crippen molar-refractivity contribution in [3.05, 3.63) is 11.1 Å².